The molecule has 0 aliphatic carbocycles. The Balaban J connectivity index is 2.14. The first kappa shape index (κ1) is 13.4. The van der Waals surface area contributed by atoms with Gasteiger partial charge in [0.25, 0.3) is 0 Å². The monoisotopic (exact) mass is 331 g/mol. The molecule has 0 bridgehead atoms. The van der Waals surface area contributed by atoms with Gasteiger partial charge in [-0.3, -0.25) is 4.68 Å². The summed E-state index contributed by atoms with van der Waals surface area (Å²) in [6.45, 7) is 2.40. The summed E-state index contributed by atoms with van der Waals surface area (Å²) >= 11 is 9.29. The van der Waals surface area contributed by atoms with Gasteiger partial charge in [0, 0.05) is 12.7 Å². The molecule has 18 heavy (non-hydrogen) atoms. The van der Waals surface area contributed by atoms with Crippen molar-refractivity contribution in [3.05, 3.63) is 44.9 Å². The van der Waals surface area contributed by atoms with E-state index in [1.165, 1.54) is 6.07 Å². The number of aromatic nitrogens is 2. The van der Waals surface area contributed by atoms with Crippen LogP contribution < -0.4 is 5.32 Å². The second-order valence-corrected chi connectivity index (χ2v) is 5.18. The zero-order valence-electron chi connectivity index (χ0n) is 9.97. The van der Waals surface area contributed by atoms with Crippen LogP contribution in [0.5, 0.6) is 0 Å². The standard InChI is InChI=1S/C12H12BrClFN3/c1-7-12(14)11(18(2)17-7)6-16-8-3-4-10(15)9(13)5-8/h3-5,16H,6H2,1-2H3. The van der Waals surface area contributed by atoms with Gasteiger partial charge in [0.2, 0.25) is 0 Å². The molecule has 2 rings (SSSR count). The maximum absolute atomic E-state index is 13.1. The van der Waals surface area contributed by atoms with Crippen LogP contribution >= 0.6 is 27.5 Å². The predicted octanol–water partition coefficient (Wildman–Crippen LogP) is 3.90. The summed E-state index contributed by atoms with van der Waals surface area (Å²) < 4.78 is 15.3. The number of halogens is 3. The molecule has 1 aromatic carbocycles. The third-order valence-electron chi connectivity index (χ3n) is 2.64. The van der Waals surface area contributed by atoms with Gasteiger partial charge in [0.1, 0.15) is 5.82 Å². The lowest BCUT2D eigenvalue weighted by Crippen LogP contribution is -2.06. The predicted molar refractivity (Wildman–Crippen MR) is 74.4 cm³/mol. The van der Waals surface area contributed by atoms with Crippen molar-refractivity contribution in [2.75, 3.05) is 5.32 Å². The van der Waals surface area contributed by atoms with E-state index >= 15 is 0 Å². The smallest absolute Gasteiger partial charge is 0.137 e. The topological polar surface area (TPSA) is 29.9 Å². The fraction of sp³-hybridized carbons (Fsp3) is 0.250. The van der Waals surface area contributed by atoms with Gasteiger partial charge in [0.05, 0.1) is 27.4 Å². The molecule has 0 amide bonds. The molecule has 0 unspecified atom stereocenters. The van der Waals surface area contributed by atoms with Crippen LogP contribution in [0.4, 0.5) is 10.1 Å². The number of hydrogen-bond acceptors (Lipinski definition) is 2. The average molecular weight is 333 g/mol. The highest BCUT2D eigenvalue weighted by Crippen LogP contribution is 2.23. The van der Waals surface area contributed by atoms with Crippen LogP contribution in [0.3, 0.4) is 0 Å². The van der Waals surface area contributed by atoms with E-state index in [0.29, 0.717) is 16.0 Å². The SMILES string of the molecule is Cc1nn(C)c(CNc2ccc(F)c(Br)c2)c1Cl. The maximum Gasteiger partial charge on any atom is 0.137 e. The van der Waals surface area contributed by atoms with Gasteiger partial charge in [-0.05, 0) is 41.1 Å². The average Bonchev–Trinajstić information content (AvgIpc) is 2.56. The number of nitrogens with zero attached hydrogens (tertiary/aromatic N) is 2. The second kappa shape index (κ2) is 5.28. The summed E-state index contributed by atoms with van der Waals surface area (Å²) in [4.78, 5) is 0. The Kier molecular flexibility index (Phi) is 3.92. The van der Waals surface area contributed by atoms with Crippen LogP contribution in [0.1, 0.15) is 11.4 Å². The first-order valence-electron chi connectivity index (χ1n) is 5.36. The van der Waals surface area contributed by atoms with Crippen molar-refractivity contribution in [2.24, 2.45) is 7.05 Å². The molecule has 96 valence electrons. The van der Waals surface area contributed by atoms with Crippen molar-refractivity contribution >= 4 is 33.2 Å². The van der Waals surface area contributed by atoms with E-state index in [2.05, 4.69) is 26.3 Å². The summed E-state index contributed by atoms with van der Waals surface area (Å²) in [6, 6.07) is 4.77. The number of benzene rings is 1. The van der Waals surface area contributed by atoms with Gasteiger partial charge < -0.3 is 5.32 Å². The Morgan fingerprint density at radius 3 is 2.78 bits per heavy atom. The lowest BCUT2D eigenvalue weighted by Gasteiger charge is -2.08. The van der Waals surface area contributed by atoms with Crippen molar-refractivity contribution < 1.29 is 4.39 Å². The van der Waals surface area contributed by atoms with Crippen molar-refractivity contribution in [2.45, 2.75) is 13.5 Å². The van der Waals surface area contributed by atoms with Crippen LogP contribution in [0.2, 0.25) is 5.02 Å². The highest BCUT2D eigenvalue weighted by Gasteiger charge is 2.10. The number of aryl methyl sites for hydroxylation is 2. The first-order valence-corrected chi connectivity index (χ1v) is 6.53. The second-order valence-electron chi connectivity index (χ2n) is 3.95. The molecule has 0 spiro atoms. The van der Waals surface area contributed by atoms with Crippen molar-refractivity contribution in [1.29, 1.82) is 0 Å². The van der Waals surface area contributed by atoms with Crippen molar-refractivity contribution in [3.63, 3.8) is 0 Å². The Morgan fingerprint density at radius 2 is 2.22 bits per heavy atom. The van der Waals surface area contributed by atoms with E-state index in [1.807, 2.05) is 14.0 Å². The third-order valence-corrected chi connectivity index (χ3v) is 3.74. The van der Waals surface area contributed by atoms with E-state index in [9.17, 15) is 4.39 Å². The van der Waals surface area contributed by atoms with Gasteiger partial charge in [-0.15, -0.1) is 0 Å². The molecule has 0 saturated heterocycles. The fourth-order valence-electron chi connectivity index (χ4n) is 1.66. The van der Waals surface area contributed by atoms with Gasteiger partial charge in [-0.25, -0.2) is 4.39 Å². The summed E-state index contributed by atoms with van der Waals surface area (Å²) in [6.07, 6.45) is 0. The molecule has 0 radical (unpaired) electrons. The summed E-state index contributed by atoms with van der Waals surface area (Å²) in [5.74, 6) is -0.282. The van der Waals surface area contributed by atoms with Gasteiger partial charge >= 0.3 is 0 Å². The van der Waals surface area contributed by atoms with Gasteiger partial charge in [-0.2, -0.15) is 5.10 Å². The Labute approximate surface area is 118 Å². The highest BCUT2D eigenvalue weighted by molar-refractivity contribution is 9.10. The summed E-state index contributed by atoms with van der Waals surface area (Å²) in [5.41, 5.74) is 2.52. The summed E-state index contributed by atoms with van der Waals surface area (Å²) in [7, 11) is 1.84. The normalized spacial score (nSPS) is 10.7. The van der Waals surface area contributed by atoms with Crippen molar-refractivity contribution in [3.8, 4) is 0 Å². The lowest BCUT2D eigenvalue weighted by atomic mass is 10.3. The molecule has 1 heterocycles. The zero-order valence-corrected chi connectivity index (χ0v) is 12.3. The number of hydrogen-bond donors (Lipinski definition) is 1. The Hall–Kier alpha value is -1.07. The molecular formula is C12H12BrClFN3. The maximum atomic E-state index is 13.1. The quantitative estimate of drug-likeness (QED) is 0.924. The first-order chi connectivity index (χ1) is 8.49. The molecule has 6 heteroatoms. The zero-order chi connectivity index (χ0) is 13.3. The van der Waals surface area contributed by atoms with E-state index in [4.69, 9.17) is 11.6 Å². The Bertz CT molecular complexity index is 583. The van der Waals surface area contributed by atoms with Gasteiger partial charge in [-0.1, -0.05) is 11.6 Å². The molecule has 3 nitrogen and oxygen atoms in total. The molecule has 0 aliphatic heterocycles. The van der Waals surface area contributed by atoms with Crippen LogP contribution in [0.15, 0.2) is 22.7 Å². The van der Waals surface area contributed by atoms with Crippen LogP contribution in [0, 0.1) is 12.7 Å². The molecule has 0 saturated carbocycles. The minimum Gasteiger partial charge on any atom is -0.379 e. The van der Waals surface area contributed by atoms with E-state index in [-0.39, 0.29) is 5.82 Å². The molecule has 0 fully saturated rings. The molecule has 2 aromatic rings. The largest absolute Gasteiger partial charge is 0.379 e. The number of nitrogens with one attached hydrogen (secondary N) is 1. The van der Waals surface area contributed by atoms with E-state index in [1.54, 1.807) is 16.8 Å². The molecule has 0 atom stereocenters. The number of anilines is 1. The van der Waals surface area contributed by atoms with Crippen LogP contribution in [0.25, 0.3) is 0 Å². The Morgan fingerprint density at radius 1 is 1.50 bits per heavy atom. The fourth-order valence-corrected chi connectivity index (χ4v) is 2.27. The summed E-state index contributed by atoms with van der Waals surface area (Å²) in [5, 5.41) is 8.07. The number of rotatable bonds is 3. The van der Waals surface area contributed by atoms with Crippen molar-refractivity contribution in [1.82, 2.24) is 9.78 Å². The minimum absolute atomic E-state index is 0.282. The lowest BCUT2D eigenvalue weighted by molar-refractivity contribution is 0.621. The van der Waals surface area contributed by atoms with Crippen LogP contribution in [-0.2, 0) is 13.6 Å². The molecule has 0 aliphatic rings. The third kappa shape index (κ3) is 2.67. The highest BCUT2D eigenvalue weighted by atomic mass is 79.9. The minimum atomic E-state index is -0.282. The van der Waals surface area contributed by atoms with E-state index < -0.39 is 0 Å². The molecule has 1 aromatic heterocycles. The van der Waals surface area contributed by atoms with Crippen LogP contribution in [-0.4, -0.2) is 9.78 Å². The van der Waals surface area contributed by atoms with E-state index in [0.717, 1.165) is 17.1 Å². The van der Waals surface area contributed by atoms with Gasteiger partial charge in [0.15, 0.2) is 0 Å². The molecular weight excluding hydrogens is 321 g/mol. The molecule has 1 N–H and O–H groups in total.